The fraction of sp³-hybridized carbons (Fsp3) is 0.0400. The molecule has 140 valence electrons. The zero-order chi connectivity index (χ0) is 19.6. The molecule has 0 aliphatic heterocycles. The van der Waals surface area contributed by atoms with E-state index in [0.717, 1.165) is 17.6 Å². The smallest absolute Gasteiger partial charge is 0.195 e. The lowest BCUT2D eigenvalue weighted by Crippen LogP contribution is -2.33. The number of imidazole rings is 1. The topological polar surface area (TPSA) is 32.6 Å². The molecule has 0 aliphatic carbocycles. The van der Waals surface area contributed by atoms with Gasteiger partial charge in [0.05, 0.1) is 5.56 Å². The largest absolute Gasteiger partial charge is 0.333 e. The zero-order valence-corrected chi connectivity index (χ0v) is 15.7. The van der Waals surface area contributed by atoms with Gasteiger partial charge in [0.15, 0.2) is 18.9 Å². The van der Waals surface area contributed by atoms with E-state index >= 15 is 0 Å². The summed E-state index contributed by atoms with van der Waals surface area (Å²) in [5.41, 5.74) is 5.81. The van der Waals surface area contributed by atoms with Crippen molar-refractivity contribution in [3.8, 4) is 22.5 Å². The molecular formula is C25H19FN3+. The Morgan fingerprint density at radius 3 is 2.31 bits per heavy atom. The molecule has 29 heavy (non-hydrogen) atoms. The van der Waals surface area contributed by atoms with Crippen LogP contribution in [0, 0.1) is 5.82 Å². The van der Waals surface area contributed by atoms with Crippen LogP contribution in [-0.2, 0) is 6.54 Å². The standard InChI is InChI=1S/C25H18FN3/c26-22-9-5-4-8-21(22)25-27-23-14-15-29(17-24(23)28-25)16-18-10-12-20(13-11-18)19-6-2-1-3-7-19/h1-15,17H,16H2/p+1. The van der Waals surface area contributed by atoms with E-state index in [4.69, 9.17) is 0 Å². The second-order valence-electron chi connectivity index (χ2n) is 7.04. The van der Waals surface area contributed by atoms with Crippen molar-refractivity contribution in [1.82, 2.24) is 9.97 Å². The van der Waals surface area contributed by atoms with Crippen LogP contribution in [-0.4, -0.2) is 9.97 Å². The van der Waals surface area contributed by atoms with Crippen molar-refractivity contribution in [1.29, 1.82) is 0 Å². The van der Waals surface area contributed by atoms with Crippen molar-refractivity contribution in [2.24, 2.45) is 0 Å². The van der Waals surface area contributed by atoms with Gasteiger partial charge in [0.25, 0.3) is 0 Å². The Morgan fingerprint density at radius 2 is 1.52 bits per heavy atom. The molecule has 0 atom stereocenters. The number of fused-ring (bicyclic) bond motifs is 1. The number of halogens is 1. The number of aromatic nitrogens is 3. The third kappa shape index (κ3) is 3.52. The maximum absolute atomic E-state index is 14.1. The molecule has 5 rings (SSSR count). The number of rotatable bonds is 4. The average molecular weight is 380 g/mol. The van der Waals surface area contributed by atoms with Crippen LogP contribution in [0.25, 0.3) is 33.5 Å². The van der Waals surface area contributed by atoms with E-state index in [1.54, 1.807) is 12.1 Å². The van der Waals surface area contributed by atoms with Gasteiger partial charge in [-0.3, -0.25) is 0 Å². The summed E-state index contributed by atoms with van der Waals surface area (Å²) in [5.74, 6) is 0.265. The molecule has 0 saturated carbocycles. The van der Waals surface area contributed by atoms with Gasteiger partial charge in [-0.25, -0.2) is 9.37 Å². The van der Waals surface area contributed by atoms with Gasteiger partial charge in [0.2, 0.25) is 0 Å². The van der Waals surface area contributed by atoms with E-state index in [-0.39, 0.29) is 5.82 Å². The van der Waals surface area contributed by atoms with E-state index in [2.05, 4.69) is 50.9 Å². The second-order valence-corrected chi connectivity index (χ2v) is 7.04. The third-order valence-electron chi connectivity index (χ3n) is 5.04. The Morgan fingerprint density at radius 1 is 0.793 bits per heavy atom. The Labute approximate surface area is 168 Å². The summed E-state index contributed by atoms with van der Waals surface area (Å²) in [6, 6.07) is 27.6. The van der Waals surface area contributed by atoms with Crippen LogP contribution < -0.4 is 4.57 Å². The van der Waals surface area contributed by atoms with Crippen molar-refractivity contribution < 1.29 is 8.96 Å². The first-order valence-corrected chi connectivity index (χ1v) is 9.54. The highest BCUT2D eigenvalue weighted by Gasteiger charge is 2.12. The molecule has 1 N–H and O–H groups in total. The van der Waals surface area contributed by atoms with Crippen molar-refractivity contribution in [3.05, 3.63) is 109 Å². The summed E-state index contributed by atoms with van der Waals surface area (Å²) < 4.78 is 16.2. The van der Waals surface area contributed by atoms with Crippen molar-refractivity contribution in [2.75, 3.05) is 0 Å². The molecule has 3 aromatic carbocycles. The van der Waals surface area contributed by atoms with E-state index in [0.29, 0.717) is 11.4 Å². The lowest BCUT2D eigenvalue weighted by atomic mass is 10.0. The number of hydrogen-bond acceptors (Lipinski definition) is 1. The molecule has 3 nitrogen and oxygen atoms in total. The zero-order valence-electron chi connectivity index (χ0n) is 15.7. The van der Waals surface area contributed by atoms with Gasteiger partial charge in [-0.15, -0.1) is 0 Å². The fourth-order valence-corrected chi connectivity index (χ4v) is 3.52. The molecule has 0 spiro atoms. The maximum atomic E-state index is 14.1. The molecule has 0 fully saturated rings. The molecule has 0 saturated heterocycles. The summed E-state index contributed by atoms with van der Waals surface area (Å²) in [7, 11) is 0. The van der Waals surface area contributed by atoms with Crippen LogP contribution >= 0.6 is 0 Å². The van der Waals surface area contributed by atoms with E-state index in [9.17, 15) is 4.39 Å². The van der Waals surface area contributed by atoms with Crippen LogP contribution in [0.4, 0.5) is 4.39 Å². The highest BCUT2D eigenvalue weighted by Crippen LogP contribution is 2.22. The summed E-state index contributed by atoms with van der Waals surface area (Å²) in [5, 5.41) is 0. The van der Waals surface area contributed by atoms with E-state index in [1.165, 1.54) is 22.8 Å². The average Bonchev–Trinajstić information content (AvgIpc) is 3.18. The van der Waals surface area contributed by atoms with Gasteiger partial charge in [0, 0.05) is 11.6 Å². The molecule has 0 aliphatic rings. The van der Waals surface area contributed by atoms with Gasteiger partial charge < -0.3 is 4.98 Å². The Hall–Kier alpha value is -3.79. The molecule has 2 heterocycles. The number of hydrogen-bond donors (Lipinski definition) is 1. The number of benzene rings is 3. The first-order valence-electron chi connectivity index (χ1n) is 9.54. The van der Waals surface area contributed by atoms with E-state index < -0.39 is 0 Å². The molecule has 0 unspecified atom stereocenters. The third-order valence-corrected chi connectivity index (χ3v) is 5.04. The minimum atomic E-state index is -0.280. The molecule has 0 bridgehead atoms. The lowest BCUT2D eigenvalue weighted by Gasteiger charge is -2.03. The fourth-order valence-electron chi connectivity index (χ4n) is 3.52. The SMILES string of the molecule is Fc1ccccc1-c1nc2cc[n+](Cc3ccc(-c4ccccc4)cc3)cc2[nH]1. The Bertz CT molecular complexity index is 1270. The Balaban J connectivity index is 1.40. The predicted octanol–water partition coefficient (Wildman–Crippen LogP) is 5.37. The summed E-state index contributed by atoms with van der Waals surface area (Å²) in [4.78, 5) is 7.77. The number of nitrogens with zero attached hydrogens (tertiary/aromatic N) is 2. The van der Waals surface area contributed by atoms with Crippen molar-refractivity contribution in [2.45, 2.75) is 6.54 Å². The van der Waals surface area contributed by atoms with Gasteiger partial charge in [-0.1, -0.05) is 66.7 Å². The van der Waals surface area contributed by atoms with E-state index in [1.807, 2.05) is 42.7 Å². The number of pyridine rings is 1. The molecule has 0 radical (unpaired) electrons. The first kappa shape index (κ1) is 17.3. The van der Waals surface area contributed by atoms with Gasteiger partial charge in [-0.05, 0) is 23.3 Å². The van der Waals surface area contributed by atoms with Crippen molar-refractivity contribution in [3.63, 3.8) is 0 Å². The quantitative estimate of drug-likeness (QED) is 0.418. The molecular weight excluding hydrogens is 361 g/mol. The molecule has 5 aromatic rings. The van der Waals surface area contributed by atoms with Crippen molar-refractivity contribution >= 4 is 11.0 Å². The minimum Gasteiger partial charge on any atom is -0.333 e. The predicted molar refractivity (Wildman–Crippen MR) is 113 cm³/mol. The van der Waals surface area contributed by atoms with Crippen LogP contribution in [0.5, 0.6) is 0 Å². The van der Waals surface area contributed by atoms with Crippen LogP contribution in [0.2, 0.25) is 0 Å². The normalized spacial score (nSPS) is 11.1. The molecule has 4 heteroatoms. The maximum Gasteiger partial charge on any atom is 0.195 e. The molecule has 2 aromatic heterocycles. The van der Waals surface area contributed by atoms with Crippen LogP contribution in [0.3, 0.4) is 0 Å². The van der Waals surface area contributed by atoms with Gasteiger partial charge in [-0.2, -0.15) is 4.57 Å². The number of H-pyrrole nitrogens is 1. The van der Waals surface area contributed by atoms with Gasteiger partial charge >= 0.3 is 0 Å². The summed E-state index contributed by atoms with van der Waals surface area (Å²) in [6.07, 6.45) is 4.01. The lowest BCUT2D eigenvalue weighted by molar-refractivity contribution is -0.687. The monoisotopic (exact) mass is 380 g/mol. The molecule has 0 amide bonds. The van der Waals surface area contributed by atoms with Gasteiger partial charge in [0.1, 0.15) is 22.7 Å². The Kier molecular flexibility index (Phi) is 4.37. The minimum absolute atomic E-state index is 0.280. The summed E-state index contributed by atoms with van der Waals surface area (Å²) in [6.45, 7) is 0.749. The number of nitrogens with one attached hydrogen (secondary N) is 1. The summed E-state index contributed by atoms with van der Waals surface area (Å²) >= 11 is 0. The number of aromatic amines is 1. The first-order chi connectivity index (χ1) is 14.3. The highest BCUT2D eigenvalue weighted by atomic mass is 19.1. The second kappa shape index (κ2) is 7.32. The highest BCUT2D eigenvalue weighted by molar-refractivity contribution is 5.77. The van der Waals surface area contributed by atoms with Crippen LogP contribution in [0.1, 0.15) is 5.56 Å². The van der Waals surface area contributed by atoms with Crippen LogP contribution in [0.15, 0.2) is 97.3 Å².